The summed E-state index contributed by atoms with van der Waals surface area (Å²) in [4.78, 5) is 26.8. The van der Waals surface area contributed by atoms with Crippen molar-refractivity contribution < 1.29 is 14.3 Å². The fraction of sp³-hybridized carbons (Fsp3) is 0.556. The highest BCUT2D eigenvalue weighted by molar-refractivity contribution is 5.98. The Balaban J connectivity index is 1.45. The number of amides is 2. The molecule has 1 aliphatic carbocycles. The van der Waals surface area contributed by atoms with Crippen LogP contribution in [0.4, 0.5) is 0 Å². The maximum absolute atomic E-state index is 12.3. The molecule has 0 radical (unpaired) electrons. The summed E-state index contributed by atoms with van der Waals surface area (Å²) in [5, 5.41) is 5.68. The first-order valence-electron chi connectivity index (χ1n) is 8.70. The smallest absolute Gasteiger partial charge is 0.255 e. The fourth-order valence-electron chi connectivity index (χ4n) is 3.15. The summed E-state index contributed by atoms with van der Waals surface area (Å²) in [5.74, 6) is 0.105. The third-order valence-corrected chi connectivity index (χ3v) is 4.49. The summed E-state index contributed by atoms with van der Waals surface area (Å²) in [6.07, 6.45) is 3.56. The fourth-order valence-corrected chi connectivity index (χ4v) is 3.15. The summed E-state index contributed by atoms with van der Waals surface area (Å²) in [6.45, 7) is 4.33. The first kappa shape index (κ1) is 16.8. The zero-order chi connectivity index (χ0) is 16.9. The molecular weight excluding hydrogens is 306 g/mol. The van der Waals surface area contributed by atoms with Crippen LogP contribution >= 0.6 is 0 Å². The number of hydrogen-bond donors (Lipinski definition) is 2. The predicted octanol–water partition coefficient (Wildman–Crippen LogP) is 1.17. The van der Waals surface area contributed by atoms with Gasteiger partial charge in [0.05, 0.1) is 18.7 Å². The molecule has 2 fully saturated rings. The molecule has 1 heterocycles. The third-order valence-electron chi connectivity index (χ3n) is 4.49. The van der Waals surface area contributed by atoms with Crippen LogP contribution in [-0.2, 0) is 4.79 Å². The van der Waals surface area contributed by atoms with Crippen LogP contribution in [0.3, 0.4) is 0 Å². The first-order valence-corrected chi connectivity index (χ1v) is 8.70. The highest BCUT2D eigenvalue weighted by atomic mass is 16.5. The Kier molecular flexibility index (Phi) is 5.35. The largest absolute Gasteiger partial charge is 0.493 e. The van der Waals surface area contributed by atoms with Crippen molar-refractivity contribution in [2.75, 3.05) is 26.2 Å². The van der Waals surface area contributed by atoms with Gasteiger partial charge in [0.2, 0.25) is 5.91 Å². The Hall–Kier alpha value is -2.08. The highest BCUT2D eigenvalue weighted by Gasteiger charge is 2.34. The topological polar surface area (TPSA) is 70.7 Å². The lowest BCUT2D eigenvalue weighted by Gasteiger charge is -2.16. The normalized spacial score (nSPS) is 20.6. The van der Waals surface area contributed by atoms with Gasteiger partial charge in [-0.3, -0.25) is 14.5 Å². The lowest BCUT2D eigenvalue weighted by Crippen LogP contribution is -2.43. The minimum absolute atomic E-state index is 0.0147. The SMILES string of the molecule is CCOc1ccccc1C(=O)NCC(=O)NC1CCN(C2CC2)C1. The van der Waals surface area contributed by atoms with E-state index in [-0.39, 0.29) is 24.4 Å². The molecule has 1 aromatic rings. The molecule has 1 saturated heterocycles. The van der Waals surface area contributed by atoms with Crippen LogP contribution in [0, 0.1) is 0 Å². The van der Waals surface area contributed by atoms with Gasteiger partial charge in [-0.2, -0.15) is 0 Å². The summed E-state index contributed by atoms with van der Waals surface area (Å²) in [6, 6.07) is 7.99. The molecule has 2 amide bonds. The van der Waals surface area contributed by atoms with Gasteiger partial charge >= 0.3 is 0 Å². The van der Waals surface area contributed by atoms with Crippen molar-refractivity contribution >= 4 is 11.8 Å². The van der Waals surface area contributed by atoms with Gasteiger partial charge in [0, 0.05) is 25.2 Å². The van der Waals surface area contributed by atoms with Gasteiger partial charge in [0.25, 0.3) is 5.91 Å². The summed E-state index contributed by atoms with van der Waals surface area (Å²) >= 11 is 0. The molecule has 24 heavy (non-hydrogen) atoms. The van der Waals surface area contributed by atoms with Crippen molar-refractivity contribution in [2.24, 2.45) is 0 Å². The highest BCUT2D eigenvalue weighted by Crippen LogP contribution is 2.29. The number of benzene rings is 1. The average molecular weight is 331 g/mol. The lowest BCUT2D eigenvalue weighted by molar-refractivity contribution is -0.120. The van der Waals surface area contributed by atoms with Gasteiger partial charge in [-0.1, -0.05) is 12.1 Å². The minimum Gasteiger partial charge on any atom is -0.493 e. The Morgan fingerprint density at radius 3 is 2.79 bits per heavy atom. The zero-order valence-corrected chi connectivity index (χ0v) is 14.1. The maximum Gasteiger partial charge on any atom is 0.255 e. The van der Waals surface area contributed by atoms with Crippen LogP contribution in [0.2, 0.25) is 0 Å². The molecular formula is C18H25N3O3. The van der Waals surface area contributed by atoms with E-state index < -0.39 is 0 Å². The van der Waals surface area contributed by atoms with Crippen LogP contribution in [0.1, 0.15) is 36.5 Å². The summed E-state index contributed by atoms with van der Waals surface area (Å²) in [5.41, 5.74) is 0.452. The molecule has 1 aromatic carbocycles. The Bertz CT molecular complexity index is 601. The second-order valence-corrected chi connectivity index (χ2v) is 6.39. The Morgan fingerprint density at radius 2 is 2.04 bits per heavy atom. The van der Waals surface area contributed by atoms with Crippen molar-refractivity contribution in [3.05, 3.63) is 29.8 Å². The van der Waals surface area contributed by atoms with Crippen LogP contribution in [0.25, 0.3) is 0 Å². The number of hydrogen-bond acceptors (Lipinski definition) is 4. The van der Waals surface area contributed by atoms with Crippen LogP contribution in [0.15, 0.2) is 24.3 Å². The first-order chi connectivity index (χ1) is 11.7. The molecule has 130 valence electrons. The van der Waals surface area contributed by atoms with Crippen molar-refractivity contribution in [3.63, 3.8) is 0 Å². The molecule has 6 heteroatoms. The van der Waals surface area contributed by atoms with Gasteiger partial charge in [-0.25, -0.2) is 0 Å². The monoisotopic (exact) mass is 331 g/mol. The second kappa shape index (κ2) is 7.66. The van der Waals surface area contributed by atoms with Crippen molar-refractivity contribution in [1.82, 2.24) is 15.5 Å². The third kappa shape index (κ3) is 4.26. The molecule has 6 nitrogen and oxygen atoms in total. The molecule has 2 N–H and O–H groups in total. The lowest BCUT2D eigenvalue weighted by atomic mass is 10.2. The molecule has 1 unspecified atom stereocenters. The van der Waals surface area contributed by atoms with Gasteiger partial charge in [0.15, 0.2) is 0 Å². The standard InChI is InChI=1S/C18H25N3O3/c1-2-24-16-6-4-3-5-15(16)18(23)19-11-17(22)20-13-9-10-21(12-13)14-7-8-14/h3-6,13-14H,2,7-12H2,1H3,(H,19,23)(H,20,22). The Labute approximate surface area is 142 Å². The molecule has 0 spiro atoms. The van der Waals surface area contributed by atoms with Gasteiger partial charge in [-0.15, -0.1) is 0 Å². The average Bonchev–Trinajstić information content (AvgIpc) is 3.33. The number of carbonyl (C=O) groups excluding carboxylic acids is 2. The van der Waals surface area contributed by atoms with Crippen LogP contribution in [-0.4, -0.2) is 55.0 Å². The van der Waals surface area contributed by atoms with Crippen LogP contribution < -0.4 is 15.4 Å². The molecule has 0 aromatic heterocycles. The van der Waals surface area contributed by atoms with Crippen molar-refractivity contribution in [1.29, 1.82) is 0 Å². The van der Waals surface area contributed by atoms with E-state index in [9.17, 15) is 9.59 Å². The molecule has 1 atom stereocenters. The van der Waals surface area contributed by atoms with E-state index in [0.717, 1.165) is 25.6 Å². The molecule has 2 aliphatic rings. The number of carbonyl (C=O) groups is 2. The molecule has 3 rings (SSSR count). The predicted molar refractivity (Wildman–Crippen MR) is 91.1 cm³/mol. The maximum atomic E-state index is 12.3. The van der Waals surface area contributed by atoms with Crippen molar-refractivity contribution in [3.8, 4) is 5.75 Å². The molecule has 0 bridgehead atoms. The number of para-hydroxylation sites is 1. The van der Waals surface area contributed by atoms with Gasteiger partial charge < -0.3 is 15.4 Å². The second-order valence-electron chi connectivity index (χ2n) is 6.39. The van der Waals surface area contributed by atoms with Crippen LogP contribution in [0.5, 0.6) is 5.75 Å². The van der Waals surface area contributed by atoms with E-state index >= 15 is 0 Å². The number of rotatable bonds is 7. The van der Waals surface area contributed by atoms with Gasteiger partial charge in [0.1, 0.15) is 5.75 Å². The number of likely N-dealkylation sites (tertiary alicyclic amines) is 1. The summed E-state index contributed by atoms with van der Waals surface area (Å²) < 4.78 is 5.45. The number of nitrogens with one attached hydrogen (secondary N) is 2. The molecule has 1 saturated carbocycles. The van der Waals surface area contributed by atoms with E-state index in [0.29, 0.717) is 17.9 Å². The van der Waals surface area contributed by atoms with E-state index in [4.69, 9.17) is 4.74 Å². The molecule has 1 aliphatic heterocycles. The minimum atomic E-state index is -0.291. The van der Waals surface area contributed by atoms with E-state index in [1.165, 1.54) is 12.8 Å². The number of ether oxygens (including phenoxy) is 1. The van der Waals surface area contributed by atoms with Gasteiger partial charge in [-0.05, 0) is 38.3 Å². The van der Waals surface area contributed by atoms with Crippen molar-refractivity contribution in [2.45, 2.75) is 38.3 Å². The Morgan fingerprint density at radius 1 is 1.25 bits per heavy atom. The van der Waals surface area contributed by atoms with E-state index in [1.807, 2.05) is 13.0 Å². The quantitative estimate of drug-likeness (QED) is 0.787. The summed E-state index contributed by atoms with van der Waals surface area (Å²) in [7, 11) is 0. The van der Waals surface area contributed by atoms with E-state index in [2.05, 4.69) is 15.5 Å². The number of nitrogens with zero attached hydrogens (tertiary/aromatic N) is 1. The van der Waals surface area contributed by atoms with E-state index in [1.54, 1.807) is 18.2 Å². The zero-order valence-electron chi connectivity index (χ0n) is 14.1.